The lowest BCUT2D eigenvalue weighted by atomic mass is 10.1. The Morgan fingerprint density at radius 2 is 1.62 bits per heavy atom. The molecule has 0 aromatic heterocycles. The van der Waals surface area contributed by atoms with Crippen LogP contribution in [0.3, 0.4) is 0 Å². The molecule has 0 radical (unpaired) electrons. The minimum Gasteiger partial charge on any atom is -0.351 e. The van der Waals surface area contributed by atoms with Crippen LogP contribution >= 0.6 is 12.4 Å². The van der Waals surface area contributed by atoms with Crippen LogP contribution in [0.1, 0.15) is 43.9 Å². The molecule has 2 aliphatic rings. The van der Waals surface area contributed by atoms with E-state index in [1.807, 2.05) is 0 Å². The van der Waals surface area contributed by atoms with Crippen LogP contribution in [-0.2, 0) is 0 Å². The fourth-order valence-electron chi connectivity index (χ4n) is 3.64. The van der Waals surface area contributed by atoms with E-state index in [-0.39, 0.29) is 29.4 Å². The largest absolute Gasteiger partial charge is 0.351 e. The maximum absolute atomic E-state index is 13.1. The average molecular weight is 418 g/mol. The van der Waals surface area contributed by atoms with E-state index in [0.717, 1.165) is 24.5 Å². The monoisotopic (exact) mass is 417 g/mol. The zero-order valence-corrected chi connectivity index (χ0v) is 16.5. The number of hydrogen-bond acceptors (Lipinski definition) is 4. The molecule has 0 aliphatic carbocycles. The summed E-state index contributed by atoms with van der Waals surface area (Å²) < 4.78 is 13.1. The second kappa shape index (κ2) is 8.71. The van der Waals surface area contributed by atoms with Gasteiger partial charge >= 0.3 is 0 Å². The topological polar surface area (TPSA) is 69.7 Å². The fourth-order valence-corrected chi connectivity index (χ4v) is 3.64. The third-order valence-electron chi connectivity index (χ3n) is 5.15. The van der Waals surface area contributed by atoms with Gasteiger partial charge in [0.1, 0.15) is 5.82 Å². The fraction of sp³-hybridized carbons (Fsp3) is 0.286. The molecule has 2 aromatic carbocycles. The minimum absolute atomic E-state index is 0. The highest BCUT2D eigenvalue weighted by Crippen LogP contribution is 2.29. The molecule has 2 heterocycles. The van der Waals surface area contributed by atoms with Crippen LogP contribution in [0.25, 0.3) is 0 Å². The number of hydrogen-bond donors (Lipinski definition) is 1. The number of likely N-dealkylation sites (tertiary alicyclic amines) is 1. The molecule has 0 atom stereocenters. The predicted octanol–water partition coefficient (Wildman–Crippen LogP) is 2.87. The molecule has 29 heavy (non-hydrogen) atoms. The number of carbonyl (C=O) groups excluding carboxylic acids is 3. The molecule has 0 spiro atoms. The number of rotatable bonds is 5. The van der Waals surface area contributed by atoms with Crippen molar-refractivity contribution in [3.05, 3.63) is 65.0 Å². The van der Waals surface area contributed by atoms with Crippen LogP contribution in [0, 0.1) is 5.82 Å². The lowest BCUT2D eigenvalue weighted by Crippen LogP contribution is -2.33. The maximum atomic E-state index is 13.1. The van der Waals surface area contributed by atoms with Gasteiger partial charge in [-0.15, -0.1) is 12.4 Å². The highest BCUT2D eigenvalue weighted by molar-refractivity contribution is 6.34. The summed E-state index contributed by atoms with van der Waals surface area (Å²) in [6.07, 6.45) is 2.39. The number of imide groups is 1. The van der Waals surface area contributed by atoms with Gasteiger partial charge < -0.3 is 10.2 Å². The predicted molar refractivity (Wildman–Crippen MR) is 109 cm³/mol. The second-order valence-electron chi connectivity index (χ2n) is 6.99. The van der Waals surface area contributed by atoms with Crippen LogP contribution in [0.2, 0.25) is 0 Å². The minimum atomic E-state index is -0.515. The molecule has 4 rings (SSSR count). The van der Waals surface area contributed by atoms with E-state index < -0.39 is 17.6 Å². The third kappa shape index (κ3) is 4.16. The van der Waals surface area contributed by atoms with Crippen LogP contribution in [0.4, 0.5) is 10.1 Å². The van der Waals surface area contributed by atoms with E-state index in [4.69, 9.17) is 0 Å². The van der Waals surface area contributed by atoms with Crippen molar-refractivity contribution >= 4 is 35.8 Å². The average Bonchev–Trinajstić information content (AvgIpc) is 3.30. The zero-order valence-electron chi connectivity index (χ0n) is 15.7. The molecule has 2 aliphatic heterocycles. The van der Waals surface area contributed by atoms with Gasteiger partial charge in [0.05, 0.1) is 16.8 Å². The number of nitrogens with zero attached hydrogens (tertiary/aromatic N) is 2. The molecule has 0 saturated carbocycles. The van der Waals surface area contributed by atoms with E-state index >= 15 is 0 Å². The van der Waals surface area contributed by atoms with Crippen LogP contribution in [0.15, 0.2) is 42.5 Å². The third-order valence-corrected chi connectivity index (χ3v) is 5.15. The first-order valence-electron chi connectivity index (χ1n) is 9.33. The van der Waals surface area contributed by atoms with Gasteiger partial charge in [-0.2, -0.15) is 0 Å². The summed E-state index contributed by atoms with van der Waals surface area (Å²) in [5.41, 5.74) is 1.05. The Morgan fingerprint density at radius 3 is 2.31 bits per heavy atom. The second-order valence-corrected chi connectivity index (χ2v) is 6.99. The van der Waals surface area contributed by atoms with Gasteiger partial charge in [0.25, 0.3) is 17.7 Å². The number of benzene rings is 2. The van der Waals surface area contributed by atoms with Crippen LogP contribution < -0.4 is 10.2 Å². The summed E-state index contributed by atoms with van der Waals surface area (Å²) in [5.74, 6) is -1.72. The quantitative estimate of drug-likeness (QED) is 0.759. The van der Waals surface area contributed by atoms with Crippen LogP contribution in [0.5, 0.6) is 0 Å². The van der Waals surface area contributed by atoms with Crippen molar-refractivity contribution in [2.24, 2.45) is 0 Å². The molecule has 0 unspecified atom stereocenters. The number of fused-ring (bicyclic) bond motifs is 1. The number of nitrogens with one attached hydrogen (secondary N) is 1. The first-order valence-corrected chi connectivity index (χ1v) is 9.33. The van der Waals surface area contributed by atoms with Gasteiger partial charge in [-0.3, -0.25) is 14.4 Å². The van der Waals surface area contributed by atoms with Gasteiger partial charge in [-0.25, -0.2) is 9.29 Å². The van der Waals surface area contributed by atoms with Gasteiger partial charge in [-0.05, 0) is 68.4 Å². The summed E-state index contributed by atoms with van der Waals surface area (Å²) in [6.45, 7) is 3.45. The standard InChI is InChI=1S/C21H20FN3O3.ClH/c22-15-4-6-16(7-5-15)25-20(27)17-8-3-14(13-18(17)21(25)28)19(26)23-9-12-24-10-1-2-11-24;/h3-8,13H,1-2,9-12H2,(H,23,26);1H. The van der Waals surface area contributed by atoms with Crippen molar-refractivity contribution in [1.29, 1.82) is 0 Å². The van der Waals surface area contributed by atoms with Crippen molar-refractivity contribution in [2.45, 2.75) is 12.8 Å². The molecule has 6 nitrogen and oxygen atoms in total. The summed E-state index contributed by atoms with van der Waals surface area (Å²) in [7, 11) is 0. The Bertz CT molecular complexity index is 943. The van der Waals surface area contributed by atoms with E-state index in [0.29, 0.717) is 17.8 Å². The van der Waals surface area contributed by atoms with Crippen molar-refractivity contribution in [3.63, 3.8) is 0 Å². The number of anilines is 1. The van der Waals surface area contributed by atoms with Crippen molar-refractivity contribution in [3.8, 4) is 0 Å². The molecule has 3 amide bonds. The molecular weight excluding hydrogens is 397 g/mol. The number of amides is 3. The van der Waals surface area contributed by atoms with Crippen molar-refractivity contribution < 1.29 is 18.8 Å². The lowest BCUT2D eigenvalue weighted by Gasteiger charge is -2.14. The Hall–Kier alpha value is -2.77. The molecule has 152 valence electrons. The Labute approximate surface area is 174 Å². The van der Waals surface area contributed by atoms with E-state index in [1.165, 1.54) is 49.2 Å². The number of halogens is 2. The van der Waals surface area contributed by atoms with Gasteiger partial charge in [-0.1, -0.05) is 0 Å². The Kier molecular flexibility index (Phi) is 6.30. The molecule has 8 heteroatoms. The smallest absolute Gasteiger partial charge is 0.266 e. The van der Waals surface area contributed by atoms with Gasteiger partial charge in [0.15, 0.2) is 0 Å². The highest BCUT2D eigenvalue weighted by Gasteiger charge is 2.37. The lowest BCUT2D eigenvalue weighted by molar-refractivity contribution is 0.0923. The van der Waals surface area contributed by atoms with Gasteiger partial charge in [0.2, 0.25) is 0 Å². The molecule has 0 bridgehead atoms. The van der Waals surface area contributed by atoms with E-state index in [9.17, 15) is 18.8 Å². The summed E-state index contributed by atoms with van der Waals surface area (Å²) in [6, 6.07) is 9.63. The van der Waals surface area contributed by atoms with Crippen LogP contribution in [-0.4, -0.2) is 48.8 Å². The summed E-state index contributed by atoms with van der Waals surface area (Å²) in [5, 5.41) is 2.86. The molecule has 2 aromatic rings. The molecule has 1 saturated heterocycles. The SMILES string of the molecule is Cl.O=C(NCCN1CCCC1)c1ccc2c(c1)C(=O)N(c1ccc(F)cc1)C2=O. The van der Waals surface area contributed by atoms with E-state index in [2.05, 4.69) is 10.2 Å². The Morgan fingerprint density at radius 1 is 0.966 bits per heavy atom. The van der Waals surface area contributed by atoms with E-state index in [1.54, 1.807) is 6.07 Å². The first-order chi connectivity index (χ1) is 13.5. The Balaban J connectivity index is 0.00000240. The van der Waals surface area contributed by atoms with Crippen molar-refractivity contribution in [2.75, 3.05) is 31.1 Å². The normalized spacial score (nSPS) is 16.0. The van der Waals surface area contributed by atoms with Gasteiger partial charge in [0, 0.05) is 18.7 Å². The highest BCUT2D eigenvalue weighted by atomic mass is 35.5. The maximum Gasteiger partial charge on any atom is 0.266 e. The summed E-state index contributed by atoms with van der Waals surface area (Å²) in [4.78, 5) is 41.0. The van der Waals surface area contributed by atoms with Crippen molar-refractivity contribution in [1.82, 2.24) is 10.2 Å². The molecule has 1 fully saturated rings. The molecule has 1 N–H and O–H groups in total. The first kappa shape index (κ1) is 21.0. The zero-order chi connectivity index (χ0) is 19.7. The summed E-state index contributed by atoms with van der Waals surface area (Å²) >= 11 is 0. The number of carbonyl (C=O) groups is 3. The molecular formula is C21H21ClFN3O3.